The maximum atomic E-state index is 12.6. The van der Waals surface area contributed by atoms with Gasteiger partial charge in [-0.15, -0.1) is 0 Å². The van der Waals surface area contributed by atoms with Crippen molar-refractivity contribution in [2.24, 2.45) is 5.92 Å². The Morgan fingerprint density at radius 2 is 1.82 bits per heavy atom. The van der Waals surface area contributed by atoms with Crippen LogP contribution < -0.4 is 5.32 Å². The van der Waals surface area contributed by atoms with Crippen molar-refractivity contribution in [1.82, 2.24) is 4.31 Å². The molecule has 1 aliphatic rings. The van der Waals surface area contributed by atoms with Gasteiger partial charge in [-0.1, -0.05) is 52.3 Å². The minimum absolute atomic E-state index is 0.0573. The van der Waals surface area contributed by atoms with Gasteiger partial charge in [0.05, 0.1) is 0 Å². The second kappa shape index (κ2) is 9.03. The molecule has 2 aromatic rings. The van der Waals surface area contributed by atoms with Gasteiger partial charge in [-0.2, -0.15) is 4.31 Å². The van der Waals surface area contributed by atoms with Crippen LogP contribution >= 0.6 is 15.9 Å². The second-order valence-electron chi connectivity index (χ2n) is 6.88. The molecule has 7 heteroatoms. The molecular formula is C21H23BrN2O3S. The zero-order chi connectivity index (χ0) is 20.1. The molecule has 2 aromatic carbocycles. The molecule has 0 unspecified atom stereocenters. The van der Waals surface area contributed by atoms with Crippen LogP contribution in [0.5, 0.6) is 0 Å². The quantitative estimate of drug-likeness (QED) is 0.715. The van der Waals surface area contributed by atoms with E-state index in [1.54, 1.807) is 6.08 Å². The fourth-order valence-corrected chi connectivity index (χ4v) is 4.73. The third-order valence-corrected chi connectivity index (χ3v) is 6.93. The number of piperidine rings is 1. The Morgan fingerprint density at radius 3 is 2.50 bits per heavy atom. The molecule has 1 heterocycles. The highest BCUT2D eigenvalue weighted by Gasteiger charge is 2.30. The van der Waals surface area contributed by atoms with Crippen LogP contribution in [-0.2, 0) is 14.8 Å². The predicted octanol–water partition coefficient (Wildman–Crippen LogP) is 4.41. The summed E-state index contributed by atoms with van der Waals surface area (Å²) in [5.41, 5.74) is 2.60. The molecule has 0 atom stereocenters. The normalized spacial score (nSPS) is 16.4. The minimum atomic E-state index is -3.49. The average Bonchev–Trinajstić information content (AvgIpc) is 2.70. The average molecular weight is 463 g/mol. The number of carbonyl (C=O) groups excluding carboxylic acids is 1. The molecule has 28 heavy (non-hydrogen) atoms. The van der Waals surface area contributed by atoms with Gasteiger partial charge in [0.2, 0.25) is 15.9 Å². The van der Waals surface area contributed by atoms with E-state index in [0.29, 0.717) is 25.9 Å². The van der Waals surface area contributed by atoms with Crippen LogP contribution in [-0.4, -0.2) is 31.7 Å². The van der Waals surface area contributed by atoms with Crippen molar-refractivity contribution in [3.05, 3.63) is 69.5 Å². The maximum Gasteiger partial charge on any atom is 0.236 e. The topological polar surface area (TPSA) is 66.5 Å². The Labute approximate surface area is 174 Å². The van der Waals surface area contributed by atoms with Gasteiger partial charge in [0.25, 0.3) is 0 Å². The van der Waals surface area contributed by atoms with E-state index in [2.05, 4.69) is 21.2 Å². The lowest BCUT2D eigenvalue weighted by molar-refractivity contribution is -0.120. The van der Waals surface area contributed by atoms with Crippen LogP contribution in [0.1, 0.15) is 24.0 Å². The highest BCUT2D eigenvalue weighted by molar-refractivity contribution is 9.10. The summed E-state index contributed by atoms with van der Waals surface area (Å²) in [5, 5.41) is 4.21. The van der Waals surface area contributed by atoms with Gasteiger partial charge >= 0.3 is 0 Å². The van der Waals surface area contributed by atoms with E-state index in [1.165, 1.54) is 9.71 Å². The van der Waals surface area contributed by atoms with Gasteiger partial charge in [0.15, 0.2) is 0 Å². The summed E-state index contributed by atoms with van der Waals surface area (Å²) in [6.45, 7) is 2.63. The molecule has 0 aromatic heterocycles. The standard InChI is InChI=1S/C21H23BrN2O3S/c1-16-7-8-19(22)15-20(16)23-21(25)18-9-12-24(13-10-18)28(26,27)14-11-17-5-3-2-4-6-17/h2-8,11,14-15,18H,9-10,12-13H2,1H3,(H,23,25). The Balaban J connectivity index is 1.58. The van der Waals surface area contributed by atoms with Crippen LogP contribution in [0, 0.1) is 12.8 Å². The lowest BCUT2D eigenvalue weighted by Crippen LogP contribution is -2.40. The van der Waals surface area contributed by atoms with E-state index in [0.717, 1.165) is 21.3 Å². The molecule has 1 N–H and O–H groups in total. The lowest BCUT2D eigenvalue weighted by atomic mass is 9.97. The van der Waals surface area contributed by atoms with Crippen molar-refractivity contribution >= 4 is 43.6 Å². The molecule has 0 bridgehead atoms. The van der Waals surface area contributed by atoms with Crippen LogP contribution in [0.4, 0.5) is 5.69 Å². The third-order valence-electron chi connectivity index (χ3n) is 4.87. The fourth-order valence-electron chi connectivity index (χ4n) is 3.15. The molecule has 1 aliphatic heterocycles. The van der Waals surface area contributed by atoms with Crippen LogP contribution in [0.2, 0.25) is 0 Å². The number of nitrogens with one attached hydrogen (secondary N) is 1. The SMILES string of the molecule is Cc1ccc(Br)cc1NC(=O)C1CCN(S(=O)(=O)C=Cc2ccccc2)CC1. The summed E-state index contributed by atoms with van der Waals surface area (Å²) in [4.78, 5) is 12.6. The molecule has 1 saturated heterocycles. The third kappa shape index (κ3) is 5.31. The Bertz CT molecular complexity index is 966. The number of aryl methyl sites for hydroxylation is 1. The van der Waals surface area contributed by atoms with E-state index in [1.807, 2.05) is 55.5 Å². The summed E-state index contributed by atoms with van der Waals surface area (Å²) in [5.74, 6) is -0.249. The Kier molecular flexibility index (Phi) is 6.69. The van der Waals surface area contributed by atoms with Gasteiger partial charge < -0.3 is 5.32 Å². The van der Waals surface area contributed by atoms with Crippen LogP contribution in [0.3, 0.4) is 0 Å². The number of nitrogens with zero attached hydrogens (tertiary/aromatic N) is 1. The van der Waals surface area contributed by atoms with Crippen LogP contribution in [0.25, 0.3) is 6.08 Å². The number of hydrogen-bond acceptors (Lipinski definition) is 3. The zero-order valence-electron chi connectivity index (χ0n) is 15.6. The number of amides is 1. The Morgan fingerprint density at radius 1 is 1.14 bits per heavy atom. The lowest BCUT2D eigenvalue weighted by Gasteiger charge is -2.29. The zero-order valence-corrected chi connectivity index (χ0v) is 18.0. The van der Waals surface area contributed by atoms with E-state index in [-0.39, 0.29) is 11.8 Å². The number of carbonyl (C=O) groups is 1. The van der Waals surface area contributed by atoms with Crippen molar-refractivity contribution in [3.63, 3.8) is 0 Å². The van der Waals surface area contributed by atoms with Crippen molar-refractivity contribution in [2.75, 3.05) is 18.4 Å². The monoisotopic (exact) mass is 462 g/mol. The van der Waals surface area contributed by atoms with E-state index in [9.17, 15) is 13.2 Å². The van der Waals surface area contributed by atoms with Gasteiger partial charge in [-0.25, -0.2) is 8.42 Å². The van der Waals surface area contributed by atoms with E-state index in [4.69, 9.17) is 0 Å². The summed E-state index contributed by atoms with van der Waals surface area (Å²) < 4.78 is 27.4. The number of anilines is 1. The van der Waals surface area contributed by atoms with Crippen LogP contribution in [0.15, 0.2) is 58.4 Å². The summed E-state index contributed by atoms with van der Waals surface area (Å²) in [6.07, 6.45) is 2.62. The second-order valence-corrected chi connectivity index (χ2v) is 9.61. The first-order chi connectivity index (χ1) is 13.3. The number of rotatable bonds is 5. The predicted molar refractivity (Wildman–Crippen MR) is 116 cm³/mol. The number of benzene rings is 2. The summed E-state index contributed by atoms with van der Waals surface area (Å²) in [7, 11) is -3.49. The molecule has 0 saturated carbocycles. The first-order valence-corrected chi connectivity index (χ1v) is 11.4. The minimum Gasteiger partial charge on any atom is -0.326 e. The number of sulfonamides is 1. The molecule has 148 valence electrons. The maximum absolute atomic E-state index is 12.6. The van der Waals surface area contributed by atoms with Crippen molar-refractivity contribution < 1.29 is 13.2 Å². The number of hydrogen-bond donors (Lipinski definition) is 1. The van der Waals surface area contributed by atoms with Crippen molar-refractivity contribution in [2.45, 2.75) is 19.8 Å². The molecular weight excluding hydrogens is 440 g/mol. The van der Waals surface area contributed by atoms with E-state index < -0.39 is 10.0 Å². The molecule has 3 rings (SSSR count). The molecule has 0 radical (unpaired) electrons. The first kappa shape index (κ1) is 20.8. The number of halogens is 1. The van der Waals surface area contributed by atoms with Crippen molar-refractivity contribution in [3.8, 4) is 0 Å². The largest absolute Gasteiger partial charge is 0.326 e. The molecule has 0 spiro atoms. The van der Waals surface area contributed by atoms with Gasteiger partial charge in [0, 0.05) is 34.6 Å². The summed E-state index contributed by atoms with van der Waals surface area (Å²) >= 11 is 3.41. The molecule has 1 fully saturated rings. The molecule has 0 aliphatic carbocycles. The Hall–Kier alpha value is -1.96. The van der Waals surface area contributed by atoms with Crippen molar-refractivity contribution in [1.29, 1.82) is 0 Å². The highest BCUT2D eigenvalue weighted by Crippen LogP contribution is 2.25. The van der Waals surface area contributed by atoms with Gasteiger partial charge in [-0.3, -0.25) is 4.79 Å². The highest BCUT2D eigenvalue weighted by atomic mass is 79.9. The first-order valence-electron chi connectivity index (χ1n) is 9.15. The molecule has 5 nitrogen and oxygen atoms in total. The fraction of sp³-hybridized carbons (Fsp3) is 0.286. The van der Waals surface area contributed by atoms with Gasteiger partial charge in [0.1, 0.15) is 0 Å². The smallest absolute Gasteiger partial charge is 0.236 e. The van der Waals surface area contributed by atoms with Gasteiger partial charge in [-0.05, 0) is 49.1 Å². The summed E-state index contributed by atoms with van der Waals surface area (Å²) in [6, 6.07) is 15.1. The van der Waals surface area contributed by atoms with E-state index >= 15 is 0 Å². The molecule has 1 amide bonds.